The number of nitrogens with zero attached hydrogens (tertiary/aromatic N) is 1. The van der Waals surface area contributed by atoms with E-state index in [1.807, 2.05) is 22.9 Å². The normalized spacial score (nSPS) is 23.5. The zero-order chi connectivity index (χ0) is 12.5. The lowest BCUT2D eigenvalue weighted by atomic mass is 9.86. The van der Waals surface area contributed by atoms with Crippen LogP contribution in [0.15, 0.2) is 18.3 Å². The van der Waals surface area contributed by atoms with Crippen molar-refractivity contribution in [3.05, 3.63) is 24.0 Å². The first-order chi connectivity index (χ1) is 7.98. The SMILES string of the molecule is NC(=S)c1cccn1CC1CCCC(F)(F)C1. The summed E-state index contributed by atoms with van der Waals surface area (Å²) in [4.78, 5) is 0.317. The van der Waals surface area contributed by atoms with Crippen LogP contribution < -0.4 is 5.73 Å². The van der Waals surface area contributed by atoms with Crippen LogP contribution in [0.25, 0.3) is 0 Å². The van der Waals surface area contributed by atoms with Gasteiger partial charge >= 0.3 is 0 Å². The zero-order valence-corrected chi connectivity index (χ0v) is 10.4. The van der Waals surface area contributed by atoms with E-state index in [4.69, 9.17) is 18.0 Å². The van der Waals surface area contributed by atoms with Crippen LogP contribution >= 0.6 is 12.2 Å². The molecule has 1 aromatic rings. The van der Waals surface area contributed by atoms with Gasteiger partial charge < -0.3 is 10.3 Å². The predicted octanol–water partition coefficient (Wildman–Crippen LogP) is 2.95. The van der Waals surface area contributed by atoms with Crippen LogP contribution in [0.2, 0.25) is 0 Å². The molecule has 0 aromatic carbocycles. The second-order valence-corrected chi connectivity index (χ2v) is 5.17. The maximum atomic E-state index is 13.3. The van der Waals surface area contributed by atoms with Crippen LogP contribution in [-0.4, -0.2) is 15.5 Å². The third-order valence-corrected chi connectivity index (χ3v) is 3.49. The first kappa shape index (κ1) is 12.5. The predicted molar refractivity (Wildman–Crippen MR) is 67.2 cm³/mol. The molecule has 0 saturated heterocycles. The Labute approximate surface area is 105 Å². The number of thiocarbonyl (C=S) groups is 1. The Morgan fingerprint density at radius 3 is 3.00 bits per heavy atom. The molecule has 17 heavy (non-hydrogen) atoms. The van der Waals surface area contributed by atoms with Gasteiger partial charge in [-0.25, -0.2) is 8.78 Å². The van der Waals surface area contributed by atoms with Crippen LogP contribution in [0.5, 0.6) is 0 Å². The van der Waals surface area contributed by atoms with Gasteiger partial charge in [-0.15, -0.1) is 0 Å². The molecule has 94 valence electrons. The molecule has 1 heterocycles. The molecule has 5 heteroatoms. The van der Waals surface area contributed by atoms with Gasteiger partial charge in [-0.1, -0.05) is 12.2 Å². The first-order valence-electron chi connectivity index (χ1n) is 5.81. The molecule has 2 nitrogen and oxygen atoms in total. The van der Waals surface area contributed by atoms with Gasteiger partial charge in [-0.05, 0) is 30.9 Å². The Hall–Kier alpha value is -0.970. The molecule has 2 N–H and O–H groups in total. The Morgan fingerprint density at radius 1 is 1.59 bits per heavy atom. The van der Waals surface area contributed by atoms with Gasteiger partial charge in [0.25, 0.3) is 0 Å². The van der Waals surface area contributed by atoms with E-state index < -0.39 is 5.92 Å². The van der Waals surface area contributed by atoms with Gasteiger partial charge in [0.05, 0.1) is 5.69 Å². The van der Waals surface area contributed by atoms with E-state index in [1.54, 1.807) is 0 Å². The molecule has 2 rings (SSSR count). The fraction of sp³-hybridized carbons (Fsp3) is 0.583. The lowest BCUT2D eigenvalue weighted by molar-refractivity contribution is -0.0547. The number of aromatic nitrogens is 1. The Kier molecular flexibility index (Phi) is 3.47. The average Bonchev–Trinajstić information content (AvgIpc) is 2.64. The second-order valence-electron chi connectivity index (χ2n) is 4.73. The fourth-order valence-electron chi connectivity index (χ4n) is 2.51. The van der Waals surface area contributed by atoms with Crippen molar-refractivity contribution in [1.29, 1.82) is 0 Å². The summed E-state index contributed by atoms with van der Waals surface area (Å²) in [5, 5.41) is 0. The van der Waals surface area contributed by atoms with Crippen molar-refractivity contribution in [2.75, 3.05) is 0 Å². The van der Waals surface area contributed by atoms with Gasteiger partial charge in [0, 0.05) is 25.6 Å². The van der Waals surface area contributed by atoms with E-state index >= 15 is 0 Å². The minimum Gasteiger partial charge on any atom is -0.388 e. The highest BCUT2D eigenvalue weighted by atomic mass is 32.1. The lowest BCUT2D eigenvalue weighted by Crippen LogP contribution is -2.29. The molecular weight excluding hydrogens is 242 g/mol. The van der Waals surface area contributed by atoms with E-state index in [0.29, 0.717) is 18.0 Å². The molecule has 0 bridgehead atoms. The molecule has 1 aliphatic rings. The second kappa shape index (κ2) is 4.72. The summed E-state index contributed by atoms with van der Waals surface area (Å²) in [6.07, 6.45) is 3.30. The van der Waals surface area contributed by atoms with Crippen molar-refractivity contribution in [3.8, 4) is 0 Å². The third-order valence-electron chi connectivity index (χ3n) is 3.28. The number of alkyl halides is 2. The van der Waals surface area contributed by atoms with E-state index in [-0.39, 0.29) is 18.8 Å². The summed E-state index contributed by atoms with van der Waals surface area (Å²) in [7, 11) is 0. The van der Waals surface area contributed by atoms with Crippen LogP contribution in [-0.2, 0) is 6.54 Å². The number of rotatable bonds is 3. The van der Waals surface area contributed by atoms with Gasteiger partial charge in [-0.2, -0.15) is 0 Å². The lowest BCUT2D eigenvalue weighted by Gasteiger charge is -2.29. The van der Waals surface area contributed by atoms with Crippen molar-refractivity contribution >= 4 is 17.2 Å². The molecule has 1 aromatic heterocycles. The van der Waals surface area contributed by atoms with Crippen molar-refractivity contribution in [2.24, 2.45) is 11.7 Å². The molecule has 0 radical (unpaired) electrons. The van der Waals surface area contributed by atoms with Gasteiger partial charge in [0.15, 0.2) is 0 Å². The largest absolute Gasteiger partial charge is 0.388 e. The van der Waals surface area contributed by atoms with Gasteiger partial charge in [0.1, 0.15) is 4.99 Å². The fourth-order valence-corrected chi connectivity index (χ4v) is 2.69. The Bertz CT molecular complexity index is 414. The summed E-state index contributed by atoms with van der Waals surface area (Å²) in [6.45, 7) is 0.579. The van der Waals surface area contributed by atoms with Crippen molar-refractivity contribution < 1.29 is 8.78 Å². The molecule has 1 saturated carbocycles. The topological polar surface area (TPSA) is 30.9 Å². The highest BCUT2D eigenvalue weighted by Gasteiger charge is 2.36. The average molecular weight is 258 g/mol. The van der Waals surface area contributed by atoms with Crippen LogP contribution in [0.3, 0.4) is 0 Å². The molecule has 1 unspecified atom stereocenters. The molecule has 1 fully saturated rings. The number of hydrogen-bond donors (Lipinski definition) is 1. The summed E-state index contributed by atoms with van der Waals surface area (Å²) in [5.74, 6) is -2.49. The Balaban J connectivity index is 2.05. The molecule has 0 spiro atoms. The van der Waals surface area contributed by atoms with E-state index in [0.717, 1.165) is 12.1 Å². The smallest absolute Gasteiger partial charge is 0.248 e. The van der Waals surface area contributed by atoms with Crippen molar-refractivity contribution in [3.63, 3.8) is 0 Å². The summed E-state index contributed by atoms with van der Waals surface area (Å²) in [6, 6.07) is 3.67. The molecule has 1 atom stereocenters. The highest BCUT2D eigenvalue weighted by molar-refractivity contribution is 7.80. The molecule has 1 aliphatic carbocycles. The molecular formula is C12H16F2N2S. The zero-order valence-electron chi connectivity index (χ0n) is 9.53. The highest BCUT2D eigenvalue weighted by Crippen LogP contribution is 2.37. The van der Waals surface area contributed by atoms with Gasteiger partial charge in [-0.3, -0.25) is 0 Å². The maximum Gasteiger partial charge on any atom is 0.248 e. The Morgan fingerprint density at radius 2 is 2.35 bits per heavy atom. The standard InChI is InChI=1S/C12H16F2N2S/c13-12(14)5-1-3-9(7-12)8-16-6-2-4-10(16)11(15)17/h2,4,6,9H,1,3,5,7-8H2,(H2,15,17). The first-order valence-corrected chi connectivity index (χ1v) is 6.21. The van der Waals surface area contributed by atoms with Crippen LogP contribution in [0.4, 0.5) is 8.78 Å². The maximum absolute atomic E-state index is 13.3. The summed E-state index contributed by atoms with van der Waals surface area (Å²) < 4.78 is 28.4. The van der Waals surface area contributed by atoms with Gasteiger partial charge in [0.2, 0.25) is 5.92 Å². The van der Waals surface area contributed by atoms with Crippen LogP contribution in [0.1, 0.15) is 31.4 Å². The molecule has 0 amide bonds. The summed E-state index contributed by atoms with van der Waals surface area (Å²) in [5.41, 5.74) is 6.34. The van der Waals surface area contributed by atoms with E-state index in [2.05, 4.69) is 0 Å². The third kappa shape index (κ3) is 3.03. The quantitative estimate of drug-likeness (QED) is 0.845. The number of nitrogens with two attached hydrogens (primary N) is 1. The minimum absolute atomic E-state index is 0.0132. The number of halogens is 2. The van der Waals surface area contributed by atoms with Crippen molar-refractivity contribution in [1.82, 2.24) is 4.57 Å². The van der Waals surface area contributed by atoms with E-state index in [9.17, 15) is 8.78 Å². The minimum atomic E-state index is -2.50. The number of hydrogen-bond acceptors (Lipinski definition) is 1. The summed E-state index contributed by atoms with van der Waals surface area (Å²) >= 11 is 4.92. The van der Waals surface area contributed by atoms with Crippen molar-refractivity contribution in [2.45, 2.75) is 38.2 Å². The van der Waals surface area contributed by atoms with E-state index in [1.165, 1.54) is 0 Å². The monoisotopic (exact) mass is 258 g/mol. The van der Waals surface area contributed by atoms with Crippen LogP contribution in [0, 0.1) is 5.92 Å². The molecule has 0 aliphatic heterocycles.